The first-order chi connectivity index (χ1) is 8.81. The lowest BCUT2D eigenvalue weighted by atomic mass is 9.92. The summed E-state index contributed by atoms with van der Waals surface area (Å²) in [5.74, 6) is 1.33. The molecule has 3 heteroatoms. The maximum atomic E-state index is 11.2. The van der Waals surface area contributed by atoms with Gasteiger partial charge in [0.15, 0.2) is 0 Å². The molecule has 3 nitrogen and oxygen atoms in total. The molecule has 1 aliphatic heterocycles. The van der Waals surface area contributed by atoms with Gasteiger partial charge in [-0.1, -0.05) is 17.7 Å². The second-order valence-electron chi connectivity index (χ2n) is 4.87. The molecule has 18 heavy (non-hydrogen) atoms. The van der Waals surface area contributed by atoms with Crippen molar-refractivity contribution in [2.24, 2.45) is 0 Å². The van der Waals surface area contributed by atoms with Gasteiger partial charge in [-0.05, 0) is 30.5 Å². The molecular formula is C15H17NO2. The molecule has 1 aliphatic carbocycles. The van der Waals surface area contributed by atoms with Gasteiger partial charge in [0.05, 0.1) is 5.69 Å². The number of ketones is 1. The molecule has 94 valence electrons. The van der Waals surface area contributed by atoms with Gasteiger partial charge in [-0.15, -0.1) is 0 Å². The Labute approximate surface area is 107 Å². The Morgan fingerprint density at radius 3 is 2.83 bits per heavy atom. The molecular weight excluding hydrogens is 226 g/mol. The van der Waals surface area contributed by atoms with Gasteiger partial charge in [-0.3, -0.25) is 4.79 Å². The standard InChI is InChI=1S/C15H17NO2/c17-13-4-1-11(2-5-13)9-12-3-6-15-14(10-12)16-7-8-18-15/h3,6,9-10,16H,1-2,4-5,7-8H2. The van der Waals surface area contributed by atoms with E-state index in [4.69, 9.17) is 4.74 Å². The Hall–Kier alpha value is -1.77. The van der Waals surface area contributed by atoms with Crippen LogP contribution >= 0.6 is 0 Å². The van der Waals surface area contributed by atoms with Crippen LogP contribution in [-0.4, -0.2) is 18.9 Å². The number of anilines is 1. The molecule has 0 bridgehead atoms. The zero-order chi connectivity index (χ0) is 12.4. The average molecular weight is 243 g/mol. The summed E-state index contributed by atoms with van der Waals surface area (Å²) >= 11 is 0. The maximum Gasteiger partial charge on any atom is 0.142 e. The number of hydrogen-bond acceptors (Lipinski definition) is 3. The first kappa shape index (κ1) is 11.3. The number of carbonyl (C=O) groups excluding carboxylic acids is 1. The fourth-order valence-corrected chi connectivity index (χ4v) is 2.48. The number of allylic oxidation sites excluding steroid dienone is 1. The first-order valence-corrected chi connectivity index (χ1v) is 6.53. The molecule has 0 unspecified atom stereocenters. The van der Waals surface area contributed by atoms with Crippen LogP contribution in [0.5, 0.6) is 5.75 Å². The smallest absolute Gasteiger partial charge is 0.142 e. The highest BCUT2D eigenvalue weighted by atomic mass is 16.5. The molecule has 1 saturated carbocycles. The monoisotopic (exact) mass is 243 g/mol. The van der Waals surface area contributed by atoms with E-state index in [0.29, 0.717) is 18.6 Å². The van der Waals surface area contributed by atoms with Crippen molar-refractivity contribution in [1.29, 1.82) is 0 Å². The minimum absolute atomic E-state index is 0.396. The molecule has 0 spiro atoms. The third-order valence-electron chi connectivity index (χ3n) is 3.50. The summed E-state index contributed by atoms with van der Waals surface area (Å²) < 4.78 is 5.55. The number of carbonyl (C=O) groups is 1. The highest BCUT2D eigenvalue weighted by Gasteiger charge is 2.13. The van der Waals surface area contributed by atoms with Crippen molar-refractivity contribution in [2.75, 3.05) is 18.5 Å². The van der Waals surface area contributed by atoms with Crippen LogP contribution < -0.4 is 10.1 Å². The lowest BCUT2D eigenvalue weighted by Gasteiger charge is -2.19. The van der Waals surface area contributed by atoms with E-state index in [1.807, 2.05) is 6.07 Å². The quantitative estimate of drug-likeness (QED) is 0.824. The topological polar surface area (TPSA) is 38.3 Å². The Kier molecular flexibility index (Phi) is 3.05. The van der Waals surface area contributed by atoms with Crippen molar-refractivity contribution in [3.8, 4) is 5.75 Å². The van der Waals surface area contributed by atoms with Crippen LogP contribution in [0.25, 0.3) is 6.08 Å². The minimum Gasteiger partial charge on any atom is -0.490 e. The van der Waals surface area contributed by atoms with E-state index in [1.165, 1.54) is 11.1 Å². The largest absolute Gasteiger partial charge is 0.490 e. The minimum atomic E-state index is 0.396. The number of ether oxygens (including phenoxy) is 1. The lowest BCUT2D eigenvalue weighted by molar-refractivity contribution is -0.119. The van der Waals surface area contributed by atoms with Crippen molar-refractivity contribution < 1.29 is 9.53 Å². The third kappa shape index (κ3) is 2.40. The predicted octanol–water partition coefficient (Wildman–Crippen LogP) is 3.02. The van der Waals surface area contributed by atoms with Crippen LogP contribution in [0.2, 0.25) is 0 Å². The Bertz CT molecular complexity index is 493. The summed E-state index contributed by atoms with van der Waals surface area (Å²) in [6, 6.07) is 6.22. The zero-order valence-electron chi connectivity index (χ0n) is 10.4. The highest BCUT2D eigenvalue weighted by molar-refractivity contribution is 5.81. The number of fused-ring (bicyclic) bond motifs is 1. The summed E-state index contributed by atoms with van der Waals surface area (Å²) in [6.45, 7) is 1.59. The summed E-state index contributed by atoms with van der Waals surface area (Å²) in [5, 5.41) is 3.34. The second-order valence-corrected chi connectivity index (χ2v) is 4.87. The SMILES string of the molecule is O=C1CCC(=Cc2ccc3c(c2)NCCO3)CC1. The fraction of sp³-hybridized carbons (Fsp3) is 0.400. The van der Waals surface area contributed by atoms with Crippen LogP contribution in [0.1, 0.15) is 31.2 Å². The van der Waals surface area contributed by atoms with E-state index in [0.717, 1.165) is 37.4 Å². The van der Waals surface area contributed by atoms with Crippen molar-refractivity contribution in [1.82, 2.24) is 0 Å². The van der Waals surface area contributed by atoms with E-state index in [2.05, 4.69) is 23.5 Å². The number of benzene rings is 1. The van der Waals surface area contributed by atoms with Crippen molar-refractivity contribution >= 4 is 17.5 Å². The molecule has 0 radical (unpaired) electrons. The first-order valence-electron chi connectivity index (χ1n) is 6.53. The van der Waals surface area contributed by atoms with E-state index >= 15 is 0 Å². The van der Waals surface area contributed by atoms with Gasteiger partial charge in [0.1, 0.15) is 18.1 Å². The van der Waals surface area contributed by atoms with E-state index in [9.17, 15) is 4.79 Å². The number of nitrogens with one attached hydrogen (secondary N) is 1. The molecule has 1 aromatic carbocycles. The second kappa shape index (κ2) is 4.84. The molecule has 0 atom stereocenters. The van der Waals surface area contributed by atoms with E-state index < -0.39 is 0 Å². The van der Waals surface area contributed by atoms with Gasteiger partial charge in [-0.25, -0.2) is 0 Å². The third-order valence-corrected chi connectivity index (χ3v) is 3.50. The molecule has 3 rings (SSSR count). The fourth-order valence-electron chi connectivity index (χ4n) is 2.48. The molecule has 0 aromatic heterocycles. The van der Waals surface area contributed by atoms with Crippen LogP contribution in [-0.2, 0) is 4.79 Å². The Balaban J connectivity index is 1.80. The van der Waals surface area contributed by atoms with Crippen LogP contribution in [0.15, 0.2) is 23.8 Å². The molecule has 1 N–H and O–H groups in total. The molecule has 0 amide bonds. The summed E-state index contributed by atoms with van der Waals surface area (Å²) in [6.07, 6.45) is 5.46. The van der Waals surface area contributed by atoms with Gasteiger partial charge in [-0.2, -0.15) is 0 Å². The summed E-state index contributed by atoms with van der Waals surface area (Å²) in [7, 11) is 0. The van der Waals surface area contributed by atoms with Crippen molar-refractivity contribution in [2.45, 2.75) is 25.7 Å². The van der Waals surface area contributed by atoms with Crippen LogP contribution in [0.4, 0.5) is 5.69 Å². The average Bonchev–Trinajstić information content (AvgIpc) is 2.41. The zero-order valence-corrected chi connectivity index (χ0v) is 10.4. The molecule has 1 heterocycles. The molecule has 1 fully saturated rings. The van der Waals surface area contributed by atoms with Crippen LogP contribution in [0.3, 0.4) is 0 Å². The van der Waals surface area contributed by atoms with Crippen LogP contribution in [0, 0.1) is 0 Å². The molecule has 1 aromatic rings. The maximum absolute atomic E-state index is 11.2. The van der Waals surface area contributed by atoms with Gasteiger partial charge >= 0.3 is 0 Å². The van der Waals surface area contributed by atoms with Gasteiger partial charge in [0.25, 0.3) is 0 Å². The summed E-state index contributed by atoms with van der Waals surface area (Å²) in [4.78, 5) is 11.2. The van der Waals surface area contributed by atoms with Gasteiger partial charge < -0.3 is 10.1 Å². The summed E-state index contributed by atoms with van der Waals surface area (Å²) in [5.41, 5.74) is 3.64. The lowest BCUT2D eigenvalue weighted by Crippen LogP contribution is -2.17. The van der Waals surface area contributed by atoms with Crippen molar-refractivity contribution in [3.05, 3.63) is 29.3 Å². The van der Waals surface area contributed by atoms with Crippen molar-refractivity contribution in [3.63, 3.8) is 0 Å². The molecule has 2 aliphatic rings. The number of rotatable bonds is 1. The number of hydrogen-bond donors (Lipinski definition) is 1. The van der Waals surface area contributed by atoms with E-state index in [-0.39, 0.29) is 0 Å². The van der Waals surface area contributed by atoms with Gasteiger partial charge in [0.2, 0.25) is 0 Å². The molecule has 0 saturated heterocycles. The Morgan fingerprint density at radius 1 is 1.17 bits per heavy atom. The predicted molar refractivity (Wildman–Crippen MR) is 71.9 cm³/mol. The van der Waals surface area contributed by atoms with Gasteiger partial charge in [0, 0.05) is 19.4 Å². The highest BCUT2D eigenvalue weighted by Crippen LogP contribution is 2.30. The number of Topliss-reactive ketones (excluding diaryl/α,β-unsaturated/α-hetero) is 1. The van der Waals surface area contributed by atoms with E-state index in [1.54, 1.807) is 0 Å². The normalized spacial score (nSPS) is 18.7. The Morgan fingerprint density at radius 2 is 2.00 bits per heavy atom.